The third-order valence-electron chi connectivity index (χ3n) is 7.98. The Morgan fingerprint density at radius 1 is 1.14 bits per heavy atom. The molecule has 9 nitrogen and oxygen atoms in total. The second kappa shape index (κ2) is 12.5. The van der Waals surface area contributed by atoms with Crippen LogP contribution in [0.25, 0.3) is 22.4 Å². The van der Waals surface area contributed by atoms with E-state index in [4.69, 9.17) is 9.72 Å². The number of hydrogen-bond acceptors (Lipinski definition) is 7. The number of nitrogens with zero attached hydrogens (tertiary/aromatic N) is 4. The van der Waals surface area contributed by atoms with Crippen molar-refractivity contribution in [3.8, 4) is 28.1 Å². The van der Waals surface area contributed by atoms with Crippen molar-refractivity contribution in [2.24, 2.45) is 5.92 Å². The number of halogens is 1. The third-order valence-corrected chi connectivity index (χ3v) is 8.82. The molecule has 3 heterocycles. The number of carbonyl (C=O) groups excluding carboxylic acids is 2. The summed E-state index contributed by atoms with van der Waals surface area (Å²) in [7, 11) is 1.71. The van der Waals surface area contributed by atoms with Crippen LogP contribution in [-0.4, -0.2) is 52.8 Å². The smallest absolute Gasteiger partial charge is 0.304 e. The number of ether oxygens (including phenoxy) is 1. The van der Waals surface area contributed by atoms with E-state index in [1.54, 1.807) is 35.2 Å². The lowest BCUT2D eigenvalue weighted by Gasteiger charge is -2.25. The Kier molecular flexibility index (Phi) is 8.38. The van der Waals surface area contributed by atoms with Crippen molar-refractivity contribution in [2.75, 3.05) is 23.7 Å². The number of amides is 2. The van der Waals surface area contributed by atoms with Crippen molar-refractivity contribution >= 4 is 40.1 Å². The molecule has 226 valence electrons. The SMILES string of the molecule is CN1C(=O)CCc2cc(-c3ccc(OCF)cc3-c3csc(N(C(=O)[C@@H](CC(=O)O)Cc4ccccc4)C4CC4)n3)cnc21. The second-order valence-electron chi connectivity index (χ2n) is 11.1. The molecule has 1 saturated carbocycles. The van der Waals surface area contributed by atoms with E-state index in [1.807, 2.05) is 47.8 Å². The van der Waals surface area contributed by atoms with Crippen LogP contribution >= 0.6 is 11.3 Å². The lowest BCUT2D eigenvalue weighted by molar-refractivity contribution is -0.140. The highest BCUT2D eigenvalue weighted by Gasteiger charge is 2.39. The number of aliphatic carboxylic acids is 1. The molecule has 2 amide bonds. The number of aromatic nitrogens is 2. The van der Waals surface area contributed by atoms with E-state index in [0.717, 1.165) is 35.1 Å². The molecule has 0 bridgehead atoms. The molecule has 0 unspecified atom stereocenters. The average Bonchev–Trinajstić information content (AvgIpc) is 3.74. The summed E-state index contributed by atoms with van der Waals surface area (Å²) in [5.41, 5.74) is 4.70. The minimum atomic E-state index is -1.03. The number of hydrogen-bond donors (Lipinski definition) is 1. The number of rotatable bonds is 11. The molecule has 44 heavy (non-hydrogen) atoms. The Labute approximate surface area is 257 Å². The second-order valence-corrected chi connectivity index (χ2v) is 11.9. The van der Waals surface area contributed by atoms with Gasteiger partial charge in [0.15, 0.2) is 5.13 Å². The molecule has 11 heteroatoms. The van der Waals surface area contributed by atoms with Gasteiger partial charge in [0, 0.05) is 42.2 Å². The zero-order valence-electron chi connectivity index (χ0n) is 24.1. The Bertz CT molecular complexity index is 1710. The first-order valence-electron chi connectivity index (χ1n) is 14.5. The first kappa shape index (κ1) is 29.4. The first-order chi connectivity index (χ1) is 21.3. The largest absolute Gasteiger partial charge is 0.481 e. The van der Waals surface area contributed by atoms with Crippen molar-refractivity contribution in [1.82, 2.24) is 9.97 Å². The maximum absolute atomic E-state index is 14.0. The summed E-state index contributed by atoms with van der Waals surface area (Å²) in [6.45, 7) is -0.988. The van der Waals surface area contributed by atoms with Gasteiger partial charge in [-0.2, -0.15) is 0 Å². The van der Waals surface area contributed by atoms with E-state index in [1.165, 1.54) is 11.3 Å². The highest BCUT2D eigenvalue weighted by molar-refractivity contribution is 7.14. The summed E-state index contributed by atoms with van der Waals surface area (Å²) >= 11 is 1.31. The molecule has 0 radical (unpaired) electrons. The van der Waals surface area contributed by atoms with Crippen LogP contribution in [0.1, 0.15) is 36.8 Å². The number of fused-ring (bicyclic) bond motifs is 1. The van der Waals surface area contributed by atoms with Gasteiger partial charge in [0.2, 0.25) is 18.7 Å². The number of aryl methyl sites for hydroxylation is 1. The van der Waals surface area contributed by atoms with Crippen molar-refractivity contribution in [2.45, 2.75) is 44.6 Å². The summed E-state index contributed by atoms with van der Waals surface area (Å²) in [5.74, 6) is -1.05. The molecule has 4 aromatic rings. The molecular formula is C33H31FN4O5S. The van der Waals surface area contributed by atoms with Gasteiger partial charge in [-0.1, -0.05) is 30.3 Å². The Morgan fingerprint density at radius 3 is 2.66 bits per heavy atom. The lowest BCUT2D eigenvalue weighted by atomic mass is 9.94. The Morgan fingerprint density at radius 2 is 1.93 bits per heavy atom. The number of anilines is 2. The molecule has 0 saturated heterocycles. The number of carboxylic acid groups (broad SMARTS) is 1. The average molecular weight is 615 g/mol. The summed E-state index contributed by atoms with van der Waals surface area (Å²) in [6, 6.07) is 16.6. The molecule has 2 aromatic heterocycles. The molecule has 2 aliphatic rings. The van der Waals surface area contributed by atoms with Gasteiger partial charge in [-0.3, -0.25) is 24.2 Å². The predicted octanol–water partition coefficient (Wildman–Crippen LogP) is 5.92. The van der Waals surface area contributed by atoms with Crippen LogP contribution in [-0.2, 0) is 27.2 Å². The van der Waals surface area contributed by atoms with Gasteiger partial charge in [0.25, 0.3) is 0 Å². The van der Waals surface area contributed by atoms with E-state index in [-0.39, 0.29) is 24.3 Å². The van der Waals surface area contributed by atoms with E-state index in [9.17, 15) is 23.9 Å². The minimum Gasteiger partial charge on any atom is -0.481 e. The normalized spacial score (nSPS) is 15.0. The van der Waals surface area contributed by atoms with Crippen molar-refractivity contribution in [3.05, 3.63) is 77.3 Å². The third kappa shape index (κ3) is 6.19. The number of thiazole rings is 1. The van der Waals surface area contributed by atoms with E-state index in [2.05, 4.69) is 4.98 Å². The summed E-state index contributed by atoms with van der Waals surface area (Å²) < 4.78 is 18.3. The number of benzene rings is 2. The highest BCUT2D eigenvalue weighted by atomic mass is 32.1. The molecule has 1 aliphatic carbocycles. The molecule has 1 atom stereocenters. The monoisotopic (exact) mass is 614 g/mol. The van der Waals surface area contributed by atoms with Crippen molar-refractivity contribution < 1.29 is 28.6 Å². The predicted molar refractivity (Wildman–Crippen MR) is 166 cm³/mol. The van der Waals surface area contributed by atoms with E-state index in [0.29, 0.717) is 47.2 Å². The van der Waals surface area contributed by atoms with Gasteiger partial charge in [0.05, 0.1) is 18.0 Å². The van der Waals surface area contributed by atoms with Crippen LogP contribution < -0.4 is 14.5 Å². The topological polar surface area (TPSA) is 113 Å². The van der Waals surface area contributed by atoms with Gasteiger partial charge in [0.1, 0.15) is 11.6 Å². The van der Waals surface area contributed by atoms with Gasteiger partial charge in [-0.25, -0.2) is 14.4 Å². The summed E-state index contributed by atoms with van der Waals surface area (Å²) in [6.07, 6.45) is 4.34. The van der Waals surface area contributed by atoms with Crippen molar-refractivity contribution in [1.29, 1.82) is 0 Å². The van der Waals surface area contributed by atoms with Crippen molar-refractivity contribution in [3.63, 3.8) is 0 Å². The molecule has 1 N–H and O–H groups in total. The van der Waals surface area contributed by atoms with Crippen LogP contribution in [0.5, 0.6) is 5.75 Å². The van der Waals surface area contributed by atoms with Gasteiger partial charge in [-0.05, 0) is 66.6 Å². The van der Waals surface area contributed by atoms with E-state index < -0.39 is 18.7 Å². The van der Waals surface area contributed by atoms with Crippen LogP contribution in [0.2, 0.25) is 0 Å². The van der Waals surface area contributed by atoms with E-state index >= 15 is 0 Å². The fraction of sp³-hybridized carbons (Fsp3) is 0.303. The minimum absolute atomic E-state index is 0.0188. The molecule has 1 aliphatic heterocycles. The van der Waals surface area contributed by atoms with Crippen LogP contribution in [0.15, 0.2) is 66.2 Å². The fourth-order valence-electron chi connectivity index (χ4n) is 5.62. The van der Waals surface area contributed by atoms with Crippen LogP contribution in [0.4, 0.5) is 15.3 Å². The molecule has 1 fully saturated rings. The zero-order chi connectivity index (χ0) is 30.8. The van der Waals surface area contributed by atoms with Gasteiger partial charge < -0.3 is 9.84 Å². The maximum Gasteiger partial charge on any atom is 0.304 e. The maximum atomic E-state index is 14.0. The first-order valence-corrected chi connectivity index (χ1v) is 15.3. The standard InChI is InChI=1S/C33H31FN4O5S/c1-37-29(39)12-7-21-14-23(17-35-31(21)37)26-11-10-25(43-19-34)16-27(26)28-18-44-33(36-28)38(24-8-9-24)32(42)22(15-30(40)41)13-20-5-3-2-4-6-20/h2-6,10-11,14,16-18,22,24H,7-9,12-13,15,19H2,1H3,(H,40,41)/t22-/m1/s1. The Balaban J connectivity index is 1.36. The number of alkyl halides is 1. The number of carboxylic acids is 1. The molecule has 0 spiro atoms. The lowest BCUT2D eigenvalue weighted by Crippen LogP contribution is -2.39. The van der Waals surface area contributed by atoms with Crippen LogP contribution in [0.3, 0.4) is 0 Å². The fourth-order valence-corrected chi connectivity index (χ4v) is 6.52. The Hall–Kier alpha value is -4.64. The molecule has 6 rings (SSSR count). The van der Waals surface area contributed by atoms with Crippen LogP contribution in [0, 0.1) is 5.92 Å². The zero-order valence-corrected chi connectivity index (χ0v) is 24.9. The van der Waals surface area contributed by atoms with Gasteiger partial charge in [-0.15, -0.1) is 11.3 Å². The molecule has 2 aromatic carbocycles. The quantitative estimate of drug-likeness (QED) is 0.223. The number of carbonyl (C=O) groups is 3. The highest BCUT2D eigenvalue weighted by Crippen LogP contribution is 2.41. The summed E-state index contributed by atoms with van der Waals surface area (Å²) in [4.78, 5) is 50.6. The van der Waals surface area contributed by atoms with Gasteiger partial charge >= 0.3 is 5.97 Å². The summed E-state index contributed by atoms with van der Waals surface area (Å²) in [5, 5.41) is 12.0. The molecular weight excluding hydrogens is 583 g/mol. The number of pyridine rings is 1.